The predicted molar refractivity (Wildman–Crippen MR) is 50.9 cm³/mol. The summed E-state index contributed by atoms with van der Waals surface area (Å²) < 4.78 is 0. The van der Waals surface area contributed by atoms with Crippen molar-refractivity contribution in [3.8, 4) is 0 Å². The van der Waals surface area contributed by atoms with Crippen LogP contribution in [0.5, 0.6) is 0 Å². The van der Waals surface area contributed by atoms with Gasteiger partial charge in [-0.1, -0.05) is 13.8 Å². The quantitative estimate of drug-likeness (QED) is 0.430. The molecule has 0 aliphatic carbocycles. The van der Waals surface area contributed by atoms with E-state index in [1.165, 1.54) is 0 Å². The van der Waals surface area contributed by atoms with Gasteiger partial charge in [0.15, 0.2) is 0 Å². The monoisotopic (exact) mass is 177 g/mol. The molecular weight excluding hydrogens is 167 g/mol. The van der Waals surface area contributed by atoms with E-state index < -0.39 is 16.8 Å². The van der Waals surface area contributed by atoms with Crippen molar-refractivity contribution in [2.45, 2.75) is 30.7 Å². The number of aliphatic carboxylic acids is 1. The number of hydrogen-bond acceptors (Lipinski definition) is 3. The maximum absolute atomic E-state index is 10.7. The van der Waals surface area contributed by atoms with Gasteiger partial charge in [-0.15, -0.1) is 0 Å². The van der Waals surface area contributed by atoms with E-state index >= 15 is 0 Å². The minimum Gasteiger partial charge on any atom is -0.480 e. The molecule has 0 aliphatic heterocycles. The molecule has 0 aromatic heterocycles. The second-order valence-electron chi connectivity index (χ2n) is 3.24. The number of aliphatic hydroxyl groups is 1. The lowest BCUT2D eigenvalue weighted by atomic mass is 9.47. The van der Waals surface area contributed by atoms with Crippen LogP contribution in [0.4, 0.5) is 0 Å². The van der Waals surface area contributed by atoms with Crippen LogP contribution >= 0.6 is 0 Å². The van der Waals surface area contributed by atoms with Crippen LogP contribution in [0, 0.1) is 0 Å². The molecule has 66 valence electrons. The van der Waals surface area contributed by atoms with Gasteiger partial charge in [-0.2, -0.15) is 0 Å². The first kappa shape index (κ1) is 12.6. The lowest BCUT2D eigenvalue weighted by Crippen LogP contribution is -2.70. The molecule has 13 heavy (non-hydrogen) atoms. The van der Waals surface area contributed by atoms with Crippen molar-refractivity contribution in [2.24, 2.45) is 0 Å². The SMILES string of the molecule is [B]C([B])(O)[C@@]([B])(NC(C)C)C(=O)O. The largest absolute Gasteiger partial charge is 0.480 e. The highest BCUT2D eigenvalue weighted by Gasteiger charge is 2.44. The van der Waals surface area contributed by atoms with Crippen molar-refractivity contribution in [1.82, 2.24) is 5.32 Å². The fraction of sp³-hybridized carbons (Fsp3) is 0.833. The van der Waals surface area contributed by atoms with Gasteiger partial charge in [-0.3, -0.25) is 4.79 Å². The summed E-state index contributed by atoms with van der Waals surface area (Å²) in [6.45, 7) is 3.30. The fourth-order valence-electron chi connectivity index (χ4n) is 0.804. The van der Waals surface area contributed by atoms with Crippen LogP contribution in [-0.2, 0) is 4.79 Å². The molecule has 0 saturated carbocycles. The molecule has 6 radical (unpaired) electrons. The molecule has 0 aromatic carbocycles. The number of rotatable bonds is 4. The molecule has 0 aromatic rings. The van der Waals surface area contributed by atoms with Crippen molar-refractivity contribution in [3.05, 3.63) is 0 Å². The number of hydrogen-bond donors (Lipinski definition) is 3. The molecule has 0 rings (SSSR count). The smallest absolute Gasteiger partial charge is 0.315 e. The fourth-order valence-corrected chi connectivity index (χ4v) is 0.804. The summed E-state index contributed by atoms with van der Waals surface area (Å²) >= 11 is 0. The lowest BCUT2D eigenvalue weighted by Gasteiger charge is -2.40. The van der Waals surface area contributed by atoms with Crippen LogP contribution in [0.15, 0.2) is 0 Å². The number of carboxylic acids is 1. The average molecular weight is 177 g/mol. The number of carboxylic acid groups (broad SMARTS) is 1. The van der Waals surface area contributed by atoms with Gasteiger partial charge < -0.3 is 15.5 Å². The lowest BCUT2D eigenvalue weighted by molar-refractivity contribution is -0.144. The summed E-state index contributed by atoms with van der Waals surface area (Å²) in [6.07, 6.45) is 0. The van der Waals surface area contributed by atoms with Gasteiger partial charge in [-0.25, -0.2) is 0 Å². The third kappa shape index (κ3) is 2.77. The van der Waals surface area contributed by atoms with Gasteiger partial charge in [0, 0.05) is 11.4 Å². The van der Waals surface area contributed by atoms with Crippen LogP contribution in [0.25, 0.3) is 0 Å². The first-order chi connectivity index (χ1) is 5.61. The van der Waals surface area contributed by atoms with E-state index in [2.05, 4.69) is 5.32 Å². The molecular formula is C6H10B3NO3. The molecule has 0 amide bonds. The molecule has 0 saturated heterocycles. The zero-order valence-corrected chi connectivity index (χ0v) is 7.61. The Labute approximate surface area is 81.3 Å². The van der Waals surface area contributed by atoms with Crippen LogP contribution < -0.4 is 5.32 Å². The Kier molecular flexibility index (Phi) is 3.64. The summed E-state index contributed by atoms with van der Waals surface area (Å²) in [7, 11) is 15.4. The second kappa shape index (κ2) is 3.76. The van der Waals surface area contributed by atoms with Crippen LogP contribution in [0.1, 0.15) is 13.8 Å². The van der Waals surface area contributed by atoms with Gasteiger partial charge in [0.2, 0.25) is 0 Å². The molecule has 0 bridgehead atoms. The van der Waals surface area contributed by atoms with E-state index in [0.29, 0.717) is 0 Å². The third-order valence-corrected chi connectivity index (χ3v) is 1.49. The van der Waals surface area contributed by atoms with E-state index in [0.717, 1.165) is 0 Å². The molecule has 0 aliphatic rings. The van der Waals surface area contributed by atoms with E-state index in [9.17, 15) is 4.79 Å². The Morgan fingerprint density at radius 2 is 1.77 bits per heavy atom. The summed E-state index contributed by atoms with van der Waals surface area (Å²) in [5, 5.41) is 17.7. The predicted octanol–water partition coefficient (Wildman–Crippen LogP) is -2.08. The average Bonchev–Trinajstić information content (AvgIpc) is 1.82. The molecule has 0 fully saturated rings. The van der Waals surface area contributed by atoms with Gasteiger partial charge in [0.05, 0.1) is 5.44 Å². The van der Waals surface area contributed by atoms with E-state index in [-0.39, 0.29) is 6.04 Å². The summed E-state index contributed by atoms with van der Waals surface area (Å²) in [6, 6.07) is -0.278. The summed E-state index contributed by atoms with van der Waals surface area (Å²) in [5.74, 6) is -1.52. The Hall–Kier alpha value is -0.415. The molecule has 0 heterocycles. The standard InChI is InChI=1S/C6H10B3NO3/c1-3(2)10-5(7,4(11)12)6(8,9)13/h3,10,13H,1-2H3,(H,11,12)/t5-/m0/s1. The van der Waals surface area contributed by atoms with E-state index in [4.69, 9.17) is 33.8 Å². The molecule has 1 atom stereocenters. The first-order valence-corrected chi connectivity index (χ1v) is 3.71. The molecule has 4 nitrogen and oxygen atoms in total. The van der Waals surface area contributed by atoms with Crippen LogP contribution in [-0.4, -0.2) is 56.6 Å². The van der Waals surface area contributed by atoms with Crippen LogP contribution in [0.3, 0.4) is 0 Å². The van der Waals surface area contributed by atoms with Crippen LogP contribution in [0.2, 0.25) is 0 Å². The Bertz CT molecular complexity index is 204. The number of nitrogens with one attached hydrogen (secondary N) is 1. The Morgan fingerprint density at radius 1 is 1.38 bits per heavy atom. The summed E-state index contributed by atoms with van der Waals surface area (Å²) in [5.41, 5.74) is -2.26. The van der Waals surface area contributed by atoms with Crippen molar-refractivity contribution in [1.29, 1.82) is 0 Å². The van der Waals surface area contributed by atoms with E-state index in [1.807, 2.05) is 0 Å². The normalized spacial score (nSPS) is 16.9. The highest BCUT2D eigenvalue weighted by atomic mass is 16.4. The maximum Gasteiger partial charge on any atom is 0.315 e. The zero-order valence-electron chi connectivity index (χ0n) is 7.61. The molecule has 7 heteroatoms. The van der Waals surface area contributed by atoms with Gasteiger partial charge in [0.25, 0.3) is 0 Å². The van der Waals surface area contributed by atoms with E-state index in [1.54, 1.807) is 13.8 Å². The minimum atomic E-state index is -2.52. The number of carbonyl (C=O) groups is 1. The molecule has 3 N–H and O–H groups in total. The minimum absolute atomic E-state index is 0.278. The first-order valence-electron chi connectivity index (χ1n) is 3.71. The third-order valence-electron chi connectivity index (χ3n) is 1.49. The summed E-state index contributed by atoms with van der Waals surface area (Å²) in [4.78, 5) is 10.7. The highest BCUT2D eigenvalue weighted by molar-refractivity contribution is 6.48. The Balaban J connectivity index is 4.85. The molecule has 0 unspecified atom stereocenters. The van der Waals surface area contributed by atoms with Crippen molar-refractivity contribution in [2.75, 3.05) is 0 Å². The van der Waals surface area contributed by atoms with Gasteiger partial charge in [-0.05, 0) is 0 Å². The molecule has 0 spiro atoms. The topological polar surface area (TPSA) is 69.6 Å². The van der Waals surface area contributed by atoms with Crippen molar-refractivity contribution in [3.63, 3.8) is 0 Å². The van der Waals surface area contributed by atoms with Crippen molar-refractivity contribution >= 4 is 29.5 Å². The van der Waals surface area contributed by atoms with Gasteiger partial charge in [0.1, 0.15) is 23.5 Å². The second-order valence-corrected chi connectivity index (χ2v) is 3.24. The highest BCUT2D eigenvalue weighted by Crippen LogP contribution is 2.13. The Morgan fingerprint density at radius 3 is 1.85 bits per heavy atom. The zero-order chi connectivity index (χ0) is 10.9. The van der Waals surface area contributed by atoms with Crippen molar-refractivity contribution < 1.29 is 15.0 Å². The van der Waals surface area contributed by atoms with Gasteiger partial charge >= 0.3 is 5.97 Å². The maximum atomic E-state index is 10.7.